The third-order valence-corrected chi connectivity index (χ3v) is 6.80. The Labute approximate surface area is 194 Å². The van der Waals surface area contributed by atoms with Gasteiger partial charge in [0.2, 0.25) is 0 Å². The van der Waals surface area contributed by atoms with Crippen LogP contribution >= 0.6 is 11.3 Å². The van der Waals surface area contributed by atoms with Crippen molar-refractivity contribution in [2.24, 2.45) is 5.41 Å². The smallest absolute Gasteiger partial charge is 0.311 e. The van der Waals surface area contributed by atoms with Gasteiger partial charge in [-0.3, -0.25) is 14.5 Å². The first kappa shape index (κ1) is 21.3. The number of hydrogen-bond donors (Lipinski definition) is 1. The highest BCUT2D eigenvalue weighted by Crippen LogP contribution is 2.46. The summed E-state index contributed by atoms with van der Waals surface area (Å²) < 4.78 is 16.0. The molecule has 0 amide bonds. The van der Waals surface area contributed by atoms with Crippen molar-refractivity contribution in [3.05, 3.63) is 71.6 Å². The summed E-state index contributed by atoms with van der Waals surface area (Å²) in [6.45, 7) is 0.709. The van der Waals surface area contributed by atoms with Gasteiger partial charge >= 0.3 is 5.97 Å². The van der Waals surface area contributed by atoms with Gasteiger partial charge < -0.3 is 10.0 Å². The molecule has 3 heterocycles. The van der Waals surface area contributed by atoms with Crippen molar-refractivity contribution in [3.63, 3.8) is 0 Å². The molecule has 1 aliphatic carbocycles. The molecular weight excluding hydrogens is 441 g/mol. The molecule has 0 bridgehead atoms. The second-order valence-electron chi connectivity index (χ2n) is 8.34. The third kappa shape index (κ3) is 4.23. The number of thiazole rings is 1. The standard InChI is InChI=1S/C24H22FN5O2S/c1-29(15-24(7-8-24)23(31)32)17-6-9-26-19(12-17)20-13-21(22-27-10-11-33-22)30(28-20)14-16-4-2-3-5-18(16)25/h2-6,9-13H,7-8,14-15H2,1H3,(H,31,32). The van der Waals surface area contributed by atoms with Crippen LogP contribution in [0.5, 0.6) is 0 Å². The maximum absolute atomic E-state index is 14.3. The number of rotatable bonds is 8. The van der Waals surface area contributed by atoms with Gasteiger partial charge in [0.15, 0.2) is 0 Å². The highest BCUT2D eigenvalue weighted by molar-refractivity contribution is 7.13. The molecule has 0 atom stereocenters. The number of aromatic nitrogens is 4. The number of halogens is 1. The van der Waals surface area contributed by atoms with Crippen molar-refractivity contribution in [2.75, 3.05) is 18.5 Å². The van der Waals surface area contributed by atoms with Gasteiger partial charge in [0.05, 0.1) is 23.3 Å². The number of hydrogen-bond acceptors (Lipinski definition) is 6. The van der Waals surface area contributed by atoms with Crippen LogP contribution in [0.15, 0.2) is 60.2 Å². The van der Waals surface area contributed by atoms with Crippen LogP contribution in [-0.4, -0.2) is 44.4 Å². The largest absolute Gasteiger partial charge is 0.481 e. The average Bonchev–Trinajstić information content (AvgIpc) is 3.21. The molecule has 1 aromatic carbocycles. The third-order valence-electron chi connectivity index (χ3n) is 6.00. The summed E-state index contributed by atoms with van der Waals surface area (Å²) in [5.74, 6) is -1.03. The molecule has 1 N–H and O–H groups in total. The number of carbonyl (C=O) groups is 1. The zero-order valence-corrected chi connectivity index (χ0v) is 18.8. The molecule has 7 nitrogen and oxygen atoms in total. The van der Waals surface area contributed by atoms with Crippen LogP contribution in [0.2, 0.25) is 0 Å². The lowest BCUT2D eigenvalue weighted by atomic mass is 10.1. The van der Waals surface area contributed by atoms with Crippen molar-refractivity contribution in [1.29, 1.82) is 0 Å². The summed E-state index contributed by atoms with van der Waals surface area (Å²) in [6.07, 6.45) is 4.81. The van der Waals surface area contributed by atoms with E-state index in [1.807, 2.05) is 35.5 Å². The van der Waals surface area contributed by atoms with E-state index < -0.39 is 11.4 Å². The van der Waals surface area contributed by atoms with Crippen LogP contribution in [0.3, 0.4) is 0 Å². The molecule has 1 fully saturated rings. The Kier molecular flexibility index (Phi) is 5.41. The quantitative estimate of drug-likeness (QED) is 0.413. The lowest BCUT2D eigenvalue weighted by molar-refractivity contribution is -0.142. The fourth-order valence-corrected chi connectivity index (χ4v) is 4.56. The molecule has 9 heteroatoms. The summed E-state index contributed by atoms with van der Waals surface area (Å²) in [7, 11) is 1.89. The van der Waals surface area contributed by atoms with E-state index in [1.165, 1.54) is 17.4 Å². The van der Waals surface area contributed by atoms with Crippen molar-refractivity contribution >= 4 is 23.0 Å². The average molecular weight is 464 g/mol. The number of carboxylic acid groups (broad SMARTS) is 1. The van der Waals surface area contributed by atoms with Gasteiger partial charge in [-0.15, -0.1) is 11.3 Å². The number of carboxylic acids is 1. The van der Waals surface area contributed by atoms with E-state index in [2.05, 4.69) is 9.97 Å². The summed E-state index contributed by atoms with van der Waals surface area (Å²) in [4.78, 5) is 22.4. The normalized spacial score (nSPS) is 14.2. The van der Waals surface area contributed by atoms with Crippen LogP contribution in [-0.2, 0) is 11.3 Å². The topological polar surface area (TPSA) is 84.1 Å². The molecule has 1 saturated carbocycles. The highest BCUT2D eigenvalue weighted by atomic mass is 32.1. The Balaban J connectivity index is 1.48. The van der Waals surface area contributed by atoms with Gasteiger partial charge in [-0.2, -0.15) is 5.10 Å². The van der Waals surface area contributed by atoms with Crippen molar-refractivity contribution < 1.29 is 14.3 Å². The van der Waals surface area contributed by atoms with E-state index in [0.29, 0.717) is 36.3 Å². The fourth-order valence-electron chi connectivity index (χ4n) is 3.91. The molecule has 5 rings (SSSR count). The maximum Gasteiger partial charge on any atom is 0.311 e. The van der Waals surface area contributed by atoms with Gasteiger partial charge in [0.25, 0.3) is 0 Å². The molecular formula is C24H22FN5O2S. The van der Waals surface area contributed by atoms with Gasteiger partial charge in [-0.05, 0) is 37.1 Å². The van der Waals surface area contributed by atoms with Gasteiger partial charge in [-0.1, -0.05) is 18.2 Å². The Morgan fingerprint density at radius 1 is 1.18 bits per heavy atom. The second-order valence-corrected chi connectivity index (χ2v) is 9.24. The zero-order chi connectivity index (χ0) is 23.0. The summed E-state index contributed by atoms with van der Waals surface area (Å²) >= 11 is 1.49. The van der Waals surface area contributed by atoms with Crippen LogP contribution in [0.1, 0.15) is 18.4 Å². The Bertz CT molecular complexity index is 1300. The van der Waals surface area contributed by atoms with E-state index in [-0.39, 0.29) is 12.4 Å². The van der Waals surface area contributed by atoms with Crippen LogP contribution < -0.4 is 4.90 Å². The highest BCUT2D eigenvalue weighted by Gasteiger charge is 2.51. The minimum absolute atomic E-state index is 0.266. The Morgan fingerprint density at radius 2 is 2.00 bits per heavy atom. The van der Waals surface area contributed by atoms with Crippen LogP contribution in [0, 0.1) is 11.2 Å². The molecule has 0 saturated heterocycles. The first-order valence-corrected chi connectivity index (χ1v) is 11.5. The van der Waals surface area contributed by atoms with Crippen LogP contribution in [0.4, 0.5) is 10.1 Å². The Hall–Kier alpha value is -3.59. The fraction of sp³-hybridized carbons (Fsp3) is 0.250. The molecule has 0 spiro atoms. The van der Waals surface area contributed by atoms with Gasteiger partial charge in [0.1, 0.15) is 16.5 Å². The molecule has 168 valence electrons. The zero-order valence-electron chi connectivity index (χ0n) is 18.0. The van der Waals surface area contributed by atoms with E-state index in [1.54, 1.807) is 35.3 Å². The lowest BCUT2D eigenvalue weighted by Gasteiger charge is -2.23. The van der Waals surface area contributed by atoms with Gasteiger partial charge in [0, 0.05) is 42.6 Å². The van der Waals surface area contributed by atoms with Crippen LogP contribution in [0.25, 0.3) is 22.1 Å². The molecule has 3 aromatic heterocycles. The first-order chi connectivity index (χ1) is 15.9. The molecule has 33 heavy (non-hydrogen) atoms. The molecule has 0 radical (unpaired) electrons. The first-order valence-electron chi connectivity index (χ1n) is 10.6. The monoisotopic (exact) mass is 463 g/mol. The minimum atomic E-state index is -0.747. The minimum Gasteiger partial charge on any atom is -0.481 e. The van der Waals surface area contributed by atoms with E-state index in [9.17, 15) is 14.3 Å². The van der Waals surface area contributed by atoms with E-state index in [0.717, 1.165) is 16.4 Å². The van der Waals surface area contributed by atoms with Crippen molar-refractivity contribution in [3.8, 4) is 22.1 Å². The Morgan fingerprint density at radius 3 is 2.70 bits per heavy atom. The summed E-state index contributed by atoms with van der Waals surface area (Å²) in [6, 6.07) is 12.3. The molecule has 0 aliphatic heterocycles. The molecule has 4 aromatic rings. The number of anilines is 1. The van der Waals surface area contributed by atoms with Gasteiger partial charge in [-0.25, -0.2) is 9.37 Å². The van der Waals surface area contributed by atoms with E-state index in [4.69, 9.17) is 5.10 Å². The second kappa shape index (κ2) is 8.40. The maximum atomic E-state index is 14.3. The predicted octanol–water partition coefficient (Wildman–Crippen LogP) is 4.56. The summed E-state index contributed by atoms with van der Waals surface area (Å²) in [5.41, 5.74) is 2.83. The lowest BCUT2D eigenvalue weighted by Crippen LogP contribution is -2.31. The SMILES string of the molecule is CN(CC1(C(=O)O)CC1)c1ccnc(-c2cc(-c3nccs3)n(Cc3ccccc3F)n2)c1. The number of nitrogens with zero attached hydrogens (tertiary/aromatic N) is 5. The predicted molar refractivity (Wildman–Crippen MR) is 125 cm³/mol. The van der Waals surface area contributed by atoms with Crippen molar-refractivity contribution in [1.82, 2.24) is 19.7 Å². The number of aliphatic carboxylic acids is 1. The number of benzene rings is 1. The van der Waals surface area contributed by atoms with Crippen molar-refractivity contribution in [2.45, 2.75) is 19.4 Å². The summed E-state index contributed by atoms with van der Waals surface area (Å²) in [5, 5.41) is 16.9. The molecule has 1 aliphatic rings. The van der Waals surface area contributed by atoms with E-state index >= 15 is 0 Å². The number of pyridine rings is 1. The molecule has 0 unspecified atom stereocenters.